The molecule has 0 spiro atoms. The van der Waals surface area contributed by atoms with Crippen LogP contribution in [0.4, 0.5) is 11.6 Å². The smallest absolute Gasteiger partial charge is 0.154 e. The summed E-state index contributed by atoms with van der Waals surface area (Å²) in [7, 11) is 1.63. The normalized spacial score (nSPS) is 11.4. The first kappa shape index (κ1) is 23.1. The third kappa shape index (κ3) is 5.30. The zero-order chi connectivity index (χ0) is 24.3. The molecular weight excluding hydrogens is 430 g/mol. The summed E-state index contributed by atoms with van der Waals surface area (Å²) in [5.74, 6) is 2.68. The Labute approximate surface area is 198 Å². The van der Waals surface area contributed by atoms with Crippen LogP contribution in [0.25, 0.3) is 16.6 Å². The number of hydrogen-bond donors (Lipinski definition) is 1. The number of hydrogen-bond acceptors (Lipinski definition) is 8. The van der Waals surface area contributed by atoms with E-state index in [0.717, 1.165) is 28.0 Å². The van der Waals surface area contributed by atoms with Crippen LogP contribution in [-0.4, -0.2) is 38.3 Å². The Kier molecular flexibility index (Phi) is 6.43. The van der Waals surface area contributed by atoms with Crippen molar-refractivity contribution in [3.63, 3.8) is 0 Å². The Bertz CT molecular complexity index is 1350. The monoisotopic (exact) mass is 457 g/mol. The van der Waals surface area contributed by atoms with E-state index in [2.05, 4.69) is 31.4 Å². The van der Waals surface area contributed by atoms with Gasteiger partial charge in [-0.3, -0.25) is 4.98 Å². The van der Waals surface area contributed by atoms with Crippen LogP contribution in [0.15, 0.2) is 42.7 Å². The number of aryl methyl sites for hydroxylation is 2. The van der Waals surface area contributed by atoms with Crippen LogP contribution in [0.5, 0.6) is 5.75 Å². The average molecular weight is 458 g/mol. The molecule has 0 saturated heterocycles. The van der Waals surface area contributed by atoms with Crippen molar-refractivity contribution in [2.24, 2.45) is 5.41 Å². The summed E-state index contributed by atoms with van der Waals surface area (Å²) < 4.78 is 13.1. The van der Waals surface area contributed by atoms with Crippen LogP contribution >= 0.6 is 0 Å². The number of nitrogens with zero attached hydrogens (tertiary/aromatic N) is 6. The number of nitrogens with one attached hydrogen (secondary N) is 1. The average Bonchev–Trinajstić information content (AvgIpc) is 3.19. The van der Waals surface area contributed by atoms with Crippen molar-refractivity contribution in [3.05, 3.63) is 59.9 Å². The lowest BCUT2D eigenvalue weighted by Crippen LogP contribution is -2.19. The van der Waals surface area contributed by atoms with E-state index in [9.17, 15) is 5.26 Å². The number of rotatable bonds is 8. The highest BCUT2D eigenvalue weighted by Crippen LogP contribution is 2.32. The second-order valence-corrected chi connectivity index (χ2v) is 8.77. The largest absolute Gasteiger partial charge is 0.490 e. The van der Waals surface area contributed by atoms with Gasteiger partial charge in [0.2, 0.25) is 0 Å². The van der Waals surface area contributed by atoms with Gasteiger partial charge in [0, 0.05) is 36.7 Å². The second kappa shape index (κ2) is 9.45. The maximum absolute atomic E-state index is 9.34. The number of fused-ring (bicyclic) bond motifs is 1. The summed E-state index contributed by atoms with van der Waals surface area (Å²) in [4.78, 5) is 13.2. The highest BCUT2D eigenvalue weighted by atomic mass is 16.5. The molecule has 0 radical (unpaired) electrons. The molecule has 0 saturated carbocycles. The molecule has 0 aliphatic carbocycles. The first-order valence-electron chi connectivity index (χ1n) is 10.9. The third-order valence-corrected chi connectivity index (χ3v) is 5.10. The molecule has 0 aromatic carbocycles. The van der Waals surface area contributed by atoms with Gasteiger partial charge >= 0.3 is 0 Å². The van der Waals surface area contributed by atoms with E-state index in [1.165, 1.54) is 0 Å². The minimum Gasteiger partial charge on any atom is -0.490 e. The molecule has 0 aliphatic heterocycles. The molecule has 1 N–H and O–H groups in total. The molecule has 0 bridgehead atoms. The van der Waals surface area contributed by atoms with E-state index in [1.807, 2.05) is 64.2 Å². The van der Waals surface area contributed by atoms with Crippen molar-refractivity contribution < 1.29 is 9.47 Å². The maximum Gasteiger partial charge on any atom is 0.154 e. The fourth-order valence-electron chi connectivity index (χ4n) is 3.48. The summed E-state index contributed by atoms with van der Waals surface area (Å²) in [6.07, 6.45) is 3.58. The summed E-state index contributed by atoms with van der Waals surface area (Å²) in [6.45, 7) is 8.11. The lowest BCUT2D eigenvalue weighted by molar-refractivity contribution is 0.181. The molecule has 4 heterocycles. The first-order chi connectivity index (χ1) is 16.3. The van der Waals surface area contributed by atoms with E-state index in [4.69, 9.17) is 9.47 Å². The van der Waals surface area contributed by atoms with E-state index < -0.39 is 5.41 Å². The number of aromatic nitrogens is 5. The number of pyridine rings is 2. The van der Waals surface area contributed by atoms with E-state index in [1.54, 1.807) is 17.8 Å². The lowest BCUT2D eigenvalue weighted by atomic mass is 9.97. The summed E-state index contributed by atoms with van der Waals surface area (Å²) in [6, 6.07) is 12.0. The van der Waals surface area contributed by atoms with Crippen molar-refractivity contribution in [1.29, 1.82) is 5.26 Å². The highest BCUT2D eigenvalue weighted by Gasteiger charge is 2.19. The standard InChI is InChI=1S/C25H27N7O2/c1-16-8-23(29-17(2)28-16)30-24-11-20-9-18(6-7-32(20)31-24)21-10-19(13-33-5)27-12-22(21)34-15-25(3,4)14-26/h6-12H,13,15H2,1-5H3,(H,28,29,30,31). The van der Waals surface area contributed by atoms with Crippen LogP contribution < -0.4 is 10.1 Å². The molecule has 0 unspecified atom stereocenters. The third-order valence-electron chi connectivity index (χ3n) is 5.10. The van der Waals surface area contributed by atoms with Gasteiger partial charge in [-0.25, -0.2) is 14.5 Å². The van der Waals surface area contributed by atoms with E-state index in [-0.39, 0.29) is 6.61 Å². The number of nitriles is 1. The second-order valence-electron chi connectivity index (χ2n) is 8.77. The predicted octanol–water partition coefficient (Wildman–Crippen LogP) is 4.62. The number of anilines is 2. The molecule has 34 heavy (non-hydrogen) atoms. The fourth-order valence-corrected chi connectivity index (χ4v) is 3.48. The van der Waals surface area contributed by atoms with E-state index >= 15 is 0 Å². The van der Waals surface area contributed by atoms with Crippen LogP contribution in [0.2, 0.25) is 0 Å². The van der Waals surface area contributed by atoms with Gasteiger partial charge in [0.1, 0.15) is 24.0 Å². The summed E-state index contributed by atoms with van der Waals surface area (Å²) in [5, 5.41) is 17.2. The summed E-state index contributed by atoms with van der Waals surface area (Å²) >= 11 is 0. The van der Waals surface area contributed by atoms with Gasteiger partial charge in [-0.2, -0.15) is 10.4 Å². The van der Waals surface area contributed by atoms with Crippen molar-refractivity contribution in [3.8, 4) is 22.9 Å². The van der Waals surface area contributed by atoms with Gasteiger partial charge in [-0.1, -0.05) is 0 Å². The van der Waals surface area contributed by atoms with Gasteiger partial charge in [-0.05, 0) is 51.5 Å². The summed E-state index contributed by atoms with van der Waals surface area (Å²) in [5.41, 5.74) is 3.77. The van der Waals surface area contributed by atoms with Crippen LogP contribution in [0, 0.1) is 30.6 Å². The lowest BCUT2D eigenvalue weighted by Gasteiger charge is -2.18. The molecule has 0 amide bonds. The van der Waals surface area contributed by atoms with Gasteiger partial charge in [-0.15, -0.1) is 0 Å². The van der Waals surface area contributed by atoms with Gasteiger partial charge in [0.05, 0.1) is 35.5 Å². The molecule has 9 heteroatoms. The molecule has 4 rings (SSSR count). The van der Waals surface area contributed by atoms with Crippen molar-refractivity contribution in [1.82, 2.24) is 24.6 Å². The fraction of sp³-hybridized carbons (Fsp3) is 0.320. The molecule has 4 aromatic heterocycles. The molecule has 174 valence electrons. The molecule has 0 aliphatic rings. The molecule has 4 aromatic rings. The zero-order valence-corrected chi connectivity index (χ0v) is 20.0. The van der Waals surface area contributed by atoms with Crippen LogP contribution in [-0.2, 0) is 11.3 Å². The topological polar surface area (TPSA) is 110 Å². The van der Waals surface area contributed by atoms with Crippen LogP contribution in [0.3, 0.4) is 0 Å². The van der Waals surface area contributed by atoms with E-state index in [0.29, 0.717) is 29.8 Å². The Balaban J connectivity index is 1.68. The molecule has 9 nitrogen and oxygen atoms in total. The van der Waals surface area contributed by atoms with Crippen molar-refractivity contribution >= 4 is 17.2 Å². The first-order valence-corrected chi connectivity index (χ1v) is 10.9. The van der Waals surface area contributed by atoms with Crippen molar-refractivity contribution in [2.45, 2.75) is 34.3 Å². The minimum atomic E-state index is -0.615. The van der Waals surface area contributed by atoms with Crippen molar-refractivity contribution in [2.75, 3.05) is 19.0 Å². The highest BCUT2D eigenvalue weighted by molar-refractivity contribution is 5.75. The molecule has 0 fully saturated rings. The maximum atomic E-state index is 9.34. The Morgan fingerprint density at radius 2 is 1.94 bits per heavy atom. The van der Waals surface area contributed by atoms with Gasteiger partial charge in [0.25, 0.3) is 0 Å². The van der Waals surface area contributed by atoms with Gasteiger partial charge < -0.3 is 14.8 Å². The Hall–Kier alpha value is -4.03. The Morgan fingerprint density at radius 3 is 2.68 bits per heavy atom. The Morgan fingerprint density at radius 1 is 1.12 bits per heavy atom. The predicted molar refractivity (Wildman–Crippen MR) is 129 cm³/mol. The minimum absolute atomic E-state index is 0.253. The SMILES string of the molecule is COCc1cc(-c2ccn3nc(Nc4cc(C)nc(C)n4)cc3c2)c(OCC(C)(C)C#N)cn1. The van der Waals surface area contributed by atoms with Gasteiger partial charge in [0.15, 0.2) is 5.82 Å². The number of methoxy groups -OCH3 is 1. The quantitative estimate of drug-likeness (QED) is 0.408. The number of ether oxygens (including phenoxy) is 2. The molecule has 0 atom stereocenters. The van der Waals surface area contributed by atoms with Crippen LogP contribution in [0.1, 0.15) is 31.1 Å². The molecular formula is C25H27N7O2. The zero-order valence-electron chi connectivity index (χ0n) is 20.0.